The van der Waals surface area contributed by atoms with Gasteiger partial charge in [-0.25, -0.2) is 4.98 Å². The third-order valence-electron chi connectivity index (χ3n) is 4.94. The summed E-state index contributed by atoms with van der Waals surface area (Å²) in [6.45, 7) is 6.24. The molecule has 4 rings (SSSR count). The van der Waals surface area contributed by atoms with Crippen LogP contribution in [-0.2, 0) is 6.54 Å². The molecule has 1 aromatic heterocycles. The van der Waals surface area contributed by atoms with E-state index in [-0.39, 0.29) is 24.8 Å². The number of ether oxygens (including phenoxy) is 1. The van der Waals surface area contributed by atoms with Crippen LogP contribution in [0.1, 0.15) is 12.7 Å². The highest BCUT2D eigenvalue weighted by Crippen LogP contribution is 2.24. The maximum absolute atomic E-state index is 5.30. The van der Waals surface area contributed by atoms with Crippen molar-refractivity contribution in [3.8, 4) is 11.4 Å². The summed E-state index contributed by atoms with van der Waals surface area (Å²) in [5.41, 5.74) is 3.30. The van der Waals surface area contributed by atoms with Crippen LogP contribution >= 0.6 is 24.8 Å². The van der Waals surface area contributed by atoms with E-state index >= 15 is 0 Å². The van der Waals surface area contributed by atoms with Gasteiger partial charge in [0.15, 0.2) is 0 Å². The minimum Gasteiger partial charge on any atom is -0.497 e. The van der Waals surface area contributed by atoms with Crippen LogP contribution < -0.4 is 10.1 Å². The van der Waals surface area contributed by atoms with Crippen molar-refractivity contribution in [3.05, 3.63) is 54.4 Å². The Bertz CT molecular complexity index is 866. The zero-order valence-corrected chi connectivity index (χ0v) is 17.2. The van der Waals surface area contributed by atoms with E-state index in [0.717, 1.165) is 54.5 Å². The van der Waals surface area contributed by atoms with E-state index in [0.29, 0.717) is 6.04 Å². The SMILES string of the molecule is COc1ccc(-n2c(CN3CCNC[C@H]3C)nc3ccccc32)cc1.Cl.Cl. The van der Waals surface area contributed by atoms with Gasteiger partial charge in [-0.15, -0.1) is 24.8 Å². The van der Waals surface area contributed by atoms with E-state index in [1.54, 1.807) is 7.11 Å². The number of imidazole rings is 1. The lowest BCUT2D eigenvalue weighted by Gasteiger charge is -2.33. The number of rotatable bonds is 4. The lowest BCUT2D eigenvalue weighted by atomic mass is 10.2. The summed E-state index contributed by atoms with van der Waals surface area (Å²) in [6, 6.07) is 17.0. The van der Waals surface area contributed by atoms with Gasteiger partial charge in [0.05, 0.1) is 24.7 Å². The van der Waals surface area contributed by atoms with Crippen LogP contribution in [0, 0.1) is 0 Å². The summed E-state index contributed by atoms with van der Waals surface area (Å²) >= 11 is 0. The second-order valence-electron chi connectivity index (χ2n) is 6.57. The number of halogens is 2. The molecule has 0 unspecified atom stereocenters. The number of nitrogens with zero attached hydrogens (tertiary/aromatic N) is 3. The number of benzene rings is 2. The lowest BCUT2D eigenvalue weighted by Crippen LogP contribution is -2.49. The molecule has 1 aliphatic rings. The van der Waals surface area contributed by atoms with E-state index in [9.17, 15) is 0 Å². The molecule has 0 amide bonds. The number of hydrogen-bond acceptors (Lipinski definition) is 4. The summed E-state index contributed by atoms with van der Waals surface area (Å²) in [4.78, 5) is 7.43. The average molecular weight is 409 g/mol. The smallest absolute Gasteiger partial charge is 0.128 e. The van der Waals surface area contributed by atoms with Crippen LogP contribution in [0.15, 0.2) is 48.5 Å². The second kappa shape index (κ2) is 9.42. The van der Waals surface area contributed by atoms with Gasteiger partial charge in [-0.1, -0.05) is 12.1 Å². The molecule has 1 fully saturated rings. The Kier molecular flexibility index (Phi) is 7.50. The van der Waals surface area contributed by atoms with E-state index in [4.69, 9.17) is 9.72 Å². The summed E-state index contributed by atoms with van der Waals surface area (Å²) < 4.78 is 7.57. The van der Waals surface area contributed by atoms with Gasteiger partial charge < -0.3 is 10.1 Å². The fraction of sp³-hybridized carbons (Fsp3) is 0.350. The van der Waals surface area contributed by atoms with Crippen molar-refractivity contribution in [1.29, 1.82) is 0 Å². The monoisotopic (exact) mass is 408 g/mol. The second-order valence-corrected chi connectivity index (χ2v) is 6.57. The summed E-state index contributed by atoms with van der Waals surface area (Å²) in [5, 5.41) is 3.45. The lowest BCUT2D eigenvalue weighted by molar-refractivity contribution is 0.161. The minimum atomic E-state index is 0. The molecular formula is C20H26Cl2N4O. The van der Waals surface area contributed by atoms with Gasteiger partial charge in [0.25, 0.3) is 0 Å². The van der Waals surface area contributed by atoms with Gasteiger partial charge in [-0.05, 0) is 43.3 Å². The van der Waals surface area contributed by atoms with Crippen molar-refractivity contribution < 1.29 is 4.74 Å². The highest BCUT2D eigenvalue weighted by Gasteiger charge is 2.21. The summed E-state index contributed by atoms with van der Waals surface area (Å²) in [5.74, 6) is 1.95. The predicted octanol–water partition coefficient (Wildman–Crippen LogP) is 3.67. The molecule has 7 heteroatoms. The van der Waals surface area contributed by atoms with E-state index in [1.807, 2.05) is 18.2 Å². The number of piperazine rings is 1. The van der Waals surface area contributed by atoms with Crippen LogP contribution in [0.4, 0.5) is 0 Å². The van der Waals surface area contributed by atoms with Crippen LogP contribution in [0.25, 0.3) is 16.7 Å². The standard InChI is InChI=1S/C20H24N4O.2ClH/c1-15-13-21-11-12-23(15)14-20-22-18-5-3-4-6-19(18)24(20)16-7-9-17(25-2)10-8-16;;/h3-10,15,21H,11-14H2,1-2H3;2*1H/t15-;;/m1../s1. The number of aromatic nitrogens is 2. The van der Waals surface area contributed by atoms with Gasteiger partial charge in [0.1, 0.15) is 11.6 Å². The molecular weight excluding hydrogens is 383 g/mol. The topological polar surface area (TPSA) is 42.3 Å². The first-order valence-electron chi connectivity index (χ1n) is 8.82. The molecule has 2 heterocycles. The molecule has 0 aliphatic carbocycles. The number of fused-ring (bicyclic) bond motifs is 1. The quantitative estimate of drug-likeness (QED) is 0.714. The molecule has 0 bridgehead atoms. The van der Waals surface area contributed by atoms with Crippen molar-refractivity contribution in [2.75, 3.05) is 26.7 Å². The number of methoxy groups -OCH3 is 1. The molecule has 1 N–H and O–H groups in total. The summed E-state index contributed by atoms with van der Waals surface area (Å²) in [6.07, 6.45) is 0. The third-order valence-corrected chi connectivity index (χ3v) is 4.94. The molecule has 1 saturated heterocycles. The Morgan fingerprint density at radius 3 is 2.56 bits per heavy atom. The maximum Gasteiger partial charge on any atom is 0.128 e. The minimum absolute atomic E-state index is 0. The molecule has 27 heavy (non-hydrogen) atoms. The first-order chi connectivity index (χ1) is 12.3. The fourth-order valence-corrected chi connectivity index (χ4v) is 3.50. The van der Waals surface area contributed by atoms with Gasteiger partial charge in [-0.3, -0.25) is 9.47 Å². The van der Waals surface area contributed by atoms with E-state index < -0.39 is 0 Å². The Hall–Kier alpha value is -1.79. The van der Waals surface area contributed by atoms with Crippen molar-refractivity contribution in [2.45, 2.75) is 19.5 Å². The molecule has 0 radical (unpaired) electrons. The van der Waals surface area contributed by atoms with Crippen LogP contribution in [0.3, 0.4) is 0 Å². The molecule has 0 saturated carbocycles. The average Bonchev–Trinajstić information content (AvgIpc) is 3.01. The molecule has 146 valence electrons. The van der Waals surface area contributed by atoms with Crippen molar-refractivity contribution in [1.82, 2.24) is 19.8 Å². The van der Waals surface area contributed by atoms with Crippen molar-refractivity contribution in [2.24, 2.45) is 0 Å². The molecule has 2 aromatic carbocycles. The Balaban J connectivity index is 0.00000131. The zero-order valence-electron chi connectivity index (χ0n) is 15.6. The number of para-hydroxylation sites is 2. The summed E-state index contributed by atoms with van der Waals surface area (Å²) in [7, 11) is 1.69. The van der Waals surface area contributed by atoms with Gasteiger partial charge in [0.2, 0.25) is 0 Å². The normalized spacial score (nSPS) is 17.2. The Morgan fingerprint density at radius 1 is 1.11 bits per heavy atom. The Labute approximate surface area is 172 Å². The van der Waals surface area contributed by atoms with Crippen LogP contribution in [-0.4, -0.2) is 47.2 Å². The van der Waals surface area contributed by atoms with Crippen molar-refractivity contribution >= 4 is 35.8 Å². The molecule has 1 aliphatic heterocycles. The first kappa shape index (κ1) is 21.5. The van der Waals surface area contributed by atoms with Crippen LogP contribution in [0.2, 0.25) is 0 Å². The van der Waals surface area contributed by atoms with Gasteiger partial charge in [0, 0.05) is 31.4 Å². The van der Waals surface area contributed by atoms with Crippen molar-refractivity contribution in [3.63, 3.8) is 0 Å². The Morgan fingerprint density at radius 2 is 1.85 bits per heavy atom. The van der Waals surface area contributed by atoms with Crippen LogP contribution in [0.5, 0.6) is 5.75 Å². The van der Waals surface area contributed by atoms with E-state index in [2.05, 4.69) is 52.0 Å². The maximum atomic E-state index is 5.30. The number of nitrogens with one attached hydrogen (secondary N) is 1. The van der Waals surface area contributed by atoms with E-state index in [1.165, 1.54) is 0 Å². The molecule has 0 spiro atoms. The largest absolute Gasteiger partial charge is 0.497 e. The predicted molar refractivity (Wildman–Crippen MR) is 115 cm³/mol. The highest BCUT2D eigenvalue weighted by molar-refractivity contribution is 5.85. The number of hydrogen-bond donors (Lipinski definition) is 1. The molecule has 1 atom stereocenters. The van der Waals surface area contributed by atoms with Gasteiger partial charge >= 0.3 is 0 Å². The van der Waals surface area contributed by atoms with Gasteiger partial charge in [-0.2, -0.15) is 0 Å². The molecule has 5 nitrogen and oxygen atoms in total. The highest BCUT2D eigenvalue weighted by atomic mass is 35.5. The first-order valence-corrected chi connectivity index (χ1v) is 8.82. The zero-order chi connectivity index (χ0) is 17.2. The molecule has 3 aromatic rings. The third kappa shape index (κ3) is 4.38. The fourth-order valence-electron chi connectivity index (χ4n) is 3.50.